The Balaban J connectivity index is 2.56. The summed E-state index contributed by atoms with van der Waals surface area (Å²) in [4.78, 5) is 16.0. The summed E-state index contributed by atoms with van der Waals surface area (Å²) in [5, 5.41) is 2.75. The van der Waals surface area contributed by atoms with Crippen LogP contribution in [-0.4, -0.2) is 50.7 Å². The van der Waals surface area contributed by atoms with Crippen LogP contribution in [0, 0.1) is 0 Å². The van der Waals surface area contributed by atoms with Gasteiger partial charge in [0.2, 0.25) is 0 Å². The van der Waals surface area contributed by atoms with E-state index in [2.05, 4.69) is 26.2 Å². The van der Waals surface area contributed by atoms with Crippen LogP contribution >= 0.6 is 15.9 Å². The second-order valence-electron chi connectivity index (χ2n) is 6.67. The Labute approximate surface area is 163 Å². The maximum Gasteiger partial charge on any atom is 0.407 e. The number of amides is 1. The summed E-state index contributed by atoms with van der Waals surface area (Å²) in [6.45, 7) is 7.17. The molecule has 0 spiro atoms. The molecule has 1 aromatic heterocycles. The first-order valence-electron chi connectivity index (χ1n) is 8.59. The predicted octanol–water partition coefficient (Wildman–Crippen LogP) is 3.73. The molecule has 8 heteroatoms. The first kappa shape index (κ1) is 22.5. The SMILES string of the molecule is COCCCOc1cc(CCCNC(=O)OC(C)(C)C)c(Br)nc1OC. The Kier molecular flexibility index (Phi) is 9.72. The van der Waals surface area contributed by atoms with Crippen LogP contribution in [0.1, 0.15) is 39.2 Å². The molecule has 0 aliphatic carbocycles. The lowest BCUT2D eigenvalue weighted by Crippen LogP contribution is -2.33. The first-order chi connectivity index (χ1) is 12.3. The van der Waals surface area contributed by atoms with Crippen molar-refractivity contribution < 1.29 is 23.7 Å². The fraction of sp³-hybridized carbons (Fsp3) is 0.667. The quantitative estimate of drug-likeness (QED) is 0.448. The zero-order valence-electron chi connectivity index (χ0n) is 16.2. The van der Waals surface area contributed by atoms with Gasteiger partial charge in [0.25, 0.3) is 5.88 Å². The second-order valence-corrected chi connectivity index (χ2v) is 7.42. The van der Waals surface area contributed by atoms with Crippen molar-refractivity contribution in [3.05, 3.63) is 16.2 Å². The molecular weight excluding hydrogens is 404 g/mol. The van der Waals surface area contributed by atoms with Crippen LogP contribution in [0.2, 0.25) is 0 Å². The molecule has 1 rings (SSSR count). The molecule has 0 radical (unpaired) electrons. The van der Waals surface area contributed by atoms with E-state index in [0.29, 0.717) is 36.0 Å². The maximum atomic E-state index is 11.6. The predicted molar refractivity (Wildman–Crippen MR) is 103 cm³/mol. The monoisotopic (exact) mass is 432 g/mol. The zero-order chi connectivity index (χ0) is 19.6. The lowest BCUT2D eigenvalue weighted by Gasteiger charge is -2.19. The normalized spacial score (nSPS) is 11.2. The summed E-state index contributed by atoms with van der Waals surface area (Å²) in [7, 11) is 3.21. The van der Waals surface area contributed by atoms with Crippen LogP contribution in [0.3, 0.4) is 0 Å². The van der Waals surface area contributed by atoms with Crippen molar-refractivity contribution in [1.29, 1.82) is 0 Å². The molecule has 0 aliphatic rings. The molecule has 0 bridgehead atoms. The highest BCUT2D eigenvalue weighted by Gasteiger charge is 2.16. The summed E-state index contributed by atoms with van der Waals surface area (Å²) in [5.74, 6) is 1.03. The smallest absolute Gasteiger partial charge is 0.407 e. The second kappa shape index (κ2) is 11.2. The van der Waals surface area contributed by atoms with Gasteiger partial charge >= 0.3 is 6.09 Å². The summed E-state index contributed by atoms with van der Waals surface area (Å²) < 4.78 is 21.9. The lowest BCUT2D eigenvalue weighted by molar-refractivity contribution is 0.0527. The number of halogens is 1. The highest BCUT2D eigenvalue weighted by molar-refractivity contribution is 9.10. The minimum Gasteiger partial charge on any atom is -0.488 e. The van der Waals surface area contributed by atoms with Crippen molar-refractivity contribution in [1.82, 2.24) is 10.3 Å². The Hall–Kier alpha value is -1.54. The molecule has 1 amide bonds. The molecule has 148 valence electrons. The molecule has 0 saturated carbocycles. The number of carbonyl (C=O) groups is 1. The minimum atomic E-state index is -0.498. The number of carbonyl (C=O) groups excluding carboxylic acids is 1. The van der Waals surface area contributed by atoms with Gasteiger partial charge in [-0.05, 0) is 61.2 Å². The van der Waals surface area contributed by atoms with Gasteiger partial charge in [0.15, 0.2) is 5.75 Å². The van der Waals surface area contributed by atoms with E-state index in [1.165, 1.54) is 0 Å². The molecule has 1 heterocycles. The van der Waals surface area contributed by atoms with Gasteiger partial charge in [-0.2, -0.15) is 0 Å². The highest BCUT2D eigenvalue weighted by atomic mass is 79.9. The van der Waals surface area contributed by atoms with Crippen LogP contribution in [0.25, 0.3) is 0 Å². The van der Waals surface area contributed by atoms with Gasteiger partial charge in [-0.3, -0.25) is 0 Å². The fourth-order valence-corrected chi connectivity index (χ4v) is 2.56. The van der Waals surface area contributed by atoms with E-state index in [9.17, 15) is 4.79 Å². The standard InChI is InChI=1S/C18H29BrN2O5/c1-18(2,3)26-17(22)20-9-6-8-13-12-14(25-11-7-10-23-4)16(24-5)21-15(13)19/h12H,6-11H2,1-5H3,(H,20,22). The number of ether oxygens (including phenoxy) is 4. The topological polar surface area (TPSA) is 78.9 Å². The van der Waals surface area contributed by atoms with Gasteiger partial charge in [0.1, 0.15) is 10.2 Å². The Morgan fingerprint density at radius 3 is 2.58 bits per heavy atom. The molecule has 1 aromatic rings. The van der Waals surface area contributed by atoms with Gasteiger partial charge in [-0.25, -0.2) is 9.78 Å². The molecule has 0 fully saturated rings. The first-order valence-corrected chi connectivity index (χ1v) is 9.38. The third kappa shape index (κ3) is 8.71. The molecule has 26 heavy (non-hydrogen) atoms. The van der Waals surface area contributed by atoms with Crippen LogP contribution in [0.5, 0.6) is 11.6 Å². The van der Waals surface area contributed by atoms with Crippen molar-refractivity contribution in [2.75, 3.05) is 34.0 Å². The molecular formula is C18H29BrN2O5. The number of aromatic nitrogens is 1. The van der Waals surface area contributed by atoms with Crippen LogP contribution in [-0.2, 0) is 15.9 Å². The van der Waals surface area contributed by atoms with Crippen LogP contribution in [0.15, 0.2) is 10.7 Å². The average Bonchev–Trinajstić information content (AvgIpc) is 2.55. The number of alkyl carbamates (subject to hydrolysis) is 1. The number of rotatable bonds is 10. The molecule has 0 aliphatic heterocycles. The third-order valence-electron chi connectivity index (χ3n) is 3.22. The van der Waals surface area contributed by atoms with Crippen molar-refractivity contribution in [2.24, 2.45) is 0 Å². The molecule has 0 unspecified atom stereocenters. The van der Waals surface area contributed by atoms with Crippen molar-refractivity contribution in [3.8, 4) is 11.6 Å². The Morgan fingerprint density at radius 2 is 1.96 bits per heavy atom. The summed E-state index contributed by atoms with van der Waals surface area (Å²) in [6, 6.07) is 1.91. The van der Waals surface area contributed by atoms with E-state index in [1.54, 1.807) is 14.2 Å². The zero-order valence-corrected chi connectivity index (χ0v) is 17.8. The number of methoxy groups -OCH3 is 2. The molecule has 0 saturated heterocycles. The summed E-state index contributed by atoms with van der Waals surface area (Å²) >= 11 is 3.46. The van der Waals surface area contributed by atoms with Gasteiger partial charge in [-0.15, -0.1) is 0 Å². The van der Waals surface area contributed by atoms with E-state index in [1.807, 2.05) is 26.8 Å². The molecule has 0 aromatic carbocycles. The number of nitrogens with one attached hydrogen (secondary N) is 1. The van der Waals surface area contributed by atoms with Crippen molar-refractivity contribution in [3.63, 3.8) is 0 Å². The van der Waals surface area contributed by atoms with Gasteiger partial charge < -0.3 is 24.3 Å². The average molecular weight is 433 g/mol. The number of hydrogen-bond acceptors (Lipinski definition) is 6. The third-order valence-corrected chi connectivity index (χ3v) is 3.90. The lowest BCUT2D eigenvalue weighted by atomic mass is 10.1. The number of hydrogen-bond donors (Lipinski definition) is 1. The van der Waals surface area contributed by atoms with E-state index in [-0.39, 0.29) is 0 Å². The molecule has 0 atom stereocenters. The summed E-state index contributed by atoms with van der Waals surface area (Å²) in [6.07, 6.45) is 1.84. The number of aryl methyl sites for hydroxylation is 1. The van der Waals surface area contributed by atoms with Gasteiger partial charge in [0, 0.05) is 26.7 Å². The van der Waals surface area contributed by atoms with Crippen LogP contribution < -0.4 is 14.8 Å². The molecule has 1 N–H and O–H groups in total. The van der Waals surface area contributed by atoms with Crippen LogP contribution in [0.4, 0.5) is 4.79 Å². The highest BCUT2D eigenvalue weighted by Crippen LogP contribution is 2.30. The van der Waals surface area contributed by atoms with E-state index in [4.69, 9.17) is 18.9 Å². The minimum absolute atomic E-state index is 0.411. The summed E-state index contributed by atoms with van der Waals surface area (Å²) in [5.41, 5.74) is 0.487. The Bertz CT molecular complexity index is 575. The molecule has 7 nitrogen and oxygen atoms in total. The fourth-order valence-electron chi connectivity index (χ4n) is 2.09. The van der Waals surface area contributed by atoms with E-state index in [0.717, 1.165) is 24.8 Å². The van der Waals surface area contributed by atoms with E-state index >= 15 is 0 Å². The Morgan fingerprint density at radius 1 is 1.23 bits per heavy atom. The largest absolute Gasteiger partial charge is 0.488 e. The number of nitrogens with zero attached hydrogens (tertiary/aromatic N) is 1. The van der Waals surface area contributed by atoms with Crippen molar-refractivity contribution >= 4 is 22.0 Å². The van der Waals surface area contributed by atoms with Gasteiger partial charge in [0.05, 0.1) is 13.7 Å². The maximum absolute atomic E-state index is 11.6. The van der Waals surface area contributed by atoms with Crippen molar-refractivity contribution in [2.45, 2.75) is 45.6 Å². The van der Waals surface area contributed by atoms with E-state index < -0.39 is 11.7 Å². The van der Waals surface area contributed by atoms with Gasteiger partial charge in [-0.1, -0.05) is 0 Å². The number of pyridine rings is 1.